The van der Waals surface area contributed by atoms with Crippen LogP contribution in [0.3, 0.4) is 0 Å². The lowest BCUT2D eigenvalue weighted by Gasteiger charge is -2.30. The molecule has 2 N–H and O–H groups in total. The SMILES string of the molecule is CN[C@@H]1CCCC1(O)c1ccccc1. The van der Waals surface area contributed by atoms with Crippen LogP contribution in [-0.4, -0.2) is 18.2 Å². The second-order valence-electron chi connectivity index (χ2n) is 4.02. The van der Waals surface area contributed by atoms with Crippen LogP contribution in [0.25, 0.3) is 0 Å². The van der Waals surface area contributed by atoms with E-state index in [9.17, 15) is 5.11 Å². The summed E-state index contributed by atoms with van der Waals surface area (Å²) in [4.78, 5) is 0. The van der Waals surface area contributed by atoms with Crippen LogP contribution in [0.4, 0.5) is 0 Å². The first-order valence-electron chi connectivity index (χ1n) is 5.22. The van der Waals surface area contributed by atoms with E-state index in [-0.39, 0.29) is 6.04 Å². The summed E-state index contributed by atoms with van der Waals surface area (Å²) in [6.45, 7) is 0. The highest BCUT2D eigenvalue weighted by Crippen LogP contribution is 2.38. The molecule has 1 aromatic rings. The molecule has 1 aliphatic rings. The number of likely N-dealkylation sites (N-methyl/N-ethyl adjacent to an activating group) is 1. The average molecular weight is 191 g/mol. The van der Waals surface area contributed by atoms with Crippen molar-refractivity contribution in [2.45, 2.75) is 30.9 Å². The Kier molecular flexibility index (Phi) is 2.57. The maximum absolute atomic E-state index is 10.6. The molecule has 1 fully saturated rings. The van der Waals surface area contributed by atoms with E-state index in [2.05, 4.69) is 5.32 Å². The van der Waals surface area contributed by atoms with Crippen LogP contribution in [0.5, 0.6) is 0 Å². The van der Waals surface area contributed by atoms with Gasteiger partial charge in [0, 0.05) is 6.04 Å². The summed E-state index contributed by atoms with van der Waals surface area (Å²) in [5, 5.41) is 13.8. The van der Waals surface area contributed by atoms with Crippen molar-refractivity contribution in [3.05, 3.63) is 35.9 Å². The first-order valence-corrected chi connectivity index (χ1v) is 5.22. The number of hydrogen-bond acceptors (Lipinski definition) is 2. The zero-order valence-electron chi connectivity index (χ0n) is 8.53. The van der Waals surface area contributed by atoms with Crippen LogP contribution >= 0.6 is 0 Å². The van der Waals surface area contributed by atoms with Crippen LogP contribution in [0, 0.1) is 0 Å². The van der Waals surface area contributed by atoms with Gasteiger partial charge in [-0.3, -0.25) is 0 Å². The standard InChI is InChI=1S/C12H17NO/c1-13-11-8-5-9-12(11,14)10-6-3-2-4-7-10/h2-4,6-7,11,13-14H,5,8-9H2,1H3/t11-,12?/m1/s1. The minimum atomic E-state index is -0.657. The summed E-state index contributed by atoms with van der Waals surface area (Å²) in [6, 6.07) is 10.2. The highest BCUT2D eigenvalue weighted by atomic mass is 16.3. The van der Waals surface area contributed by atoms with Crippen molar-refractivity contribution < 1.29 is 5.11 Å². The molecule has 2 rings (SSSR count). The maximum atomic E-state index is 10.6. The first kappa shape index (κ1) is 9.69. The molecule has 14 heavy (non-hydrogen) atoms. The summed E-state index contributed by atoms with van der Waals surface area (Å²) in [7, 11) is 1.92. The average Bonchev–Trinajstić information content (AvgIpc) is 2.62. The molecule has 0 aromatic heterocycles. The zero-order valence-corrected chi connectivity index (χ0v) is 8.53. The largest absolute Gasteiger partial charge is 0.384 e. The quantitative estimate of drug-likeness (QED) is 0.745. The van der Waals surface area contributed by atoms with E-state index < -0.39 is 5.60 Å². The maximum Gasteiger partial charge on any atom is 0.105 e. The van der Waals surface area contributed by atoms with Crippen molar-refractivity contribution in [1.29, 1.82) is 0 Å². The number of aliphatic hydroxyl groups is 1. The van der Waals surface area contributed by atoms with Gasteiger partial charge in [-0.25, -0.2) is 0 Å². The molecule has 0 amide bonds. The van der Waals surface area contributed by atoms with E-state index in [0.29, 0.717) is 0 Å². The molecule has 1 aliphatic carbocycles. The van der Waals surface area contributed by atoms with Gasteiger partial charge in [0.2, 0.25) is 0 Å². The van der Waals surface area contributed by atoms with E-state index in [1.807, 2.05) is 37.4 Å². The monoisotopic (exact) mass is 191 g/mol. The molecule has 2 heteroatoms. The van der Waals surface area contributed by atoms with Gasteiger partial charge in [0.15, 0.2) is 0 Å². The predicted octanol–water partition coefficient (Wildman–Crippen LogP) is 1.65. The lowest BCUT2D eigenvalue weighted by Crippen LogP contribution is -2.42. The van der Waals surface area contributed by atoms with E-state index in [1.54, 1.807) is 0 Å². The Labute approximate surface area is 85.0 Å². The molecule has 1 unspecified atom stereocenters. The van der Waals surface area contributed by atoms with Crippen LogP contribution in [0.1, 0.15) is 24.8 Å². The predicted molar refractivity (Wildman–Crippen MR) is 57.0 cm³/mol. The van der Waals surface area contributed by atoms with Gasteiger partial charge in [0.05, 0.1) is 0 Å². The number of rotatable bonds is 2. The van der Waals surface area contributed by atoms with E-state index in [1.165, 1.54) is 0 Å². The molecule has 1 saturated carbocycles. The molecule has 0 radical (unpaired) electrons. The molecule has 0 saturated heterocycles. The smallest absolute Gasteiger partial charge is 0.105 e. The highest BCUT2D eigenvalue weighted by Gasteiger charge is 2.41. The Balaban J connectivity index is 2.31. The molecule has 1 aromatic carbocycles. The second-order valence-corrected chi connectivity index (χ2v) is 4.02. The van der Waals surface area contributed by atoms with Gasteiger partial charge in [0.1, 0.15) is 5.60 Å². The van der Waals surface area contributed by atoms with Crippen molar-refractivity contribution in [3.8, 4) is 0 Å². The molecule has 2 atom stereocenters. The summed E-state index contributed by atoms with van der Waals surface area (Å²) < 4.78 is 0. The van der Waals surface area contributed by atoms with Crippen molar-refractivity contribution in [2.75, 3.05) is 7.05 Å². The molecule has 0 aliphatic heterocycles. The van der Waals surface area contributed by atoms with Crippen LogP contribution in [0.2, 0.25) is 0 Å². The third-order valence-corrected chi connectivity index (χ3v) is 3.25. The molecule has 0 heterocycles. The summed E-state index contributed by atoms with van der Waals surface area (Å²) in [5.41, 5.74) is 0.382. The van der Waals surface area contributed by atoms with E-state index in [0.717, 1.165) is 24.8 Å². The van der Waals surface area contributed by atoms with Crippen LogP contribution < -0.4 is 5.32 Å². The van der Waals surface area contributed by atoms with Crippen molar-refractivity contribution in [1.82, 2.24) is 5.32 Å². The third kappa shape index (κ3) is 1.45. The van der Waals surface area contributed by atoms with Crippen molar-refractivity contribution in [2.24, 2.45) is 0 Å². The van der Waals surface area contributed by atoms with E-state index in [4.69, 9.17) is 0 Å². The van der Waals surface area contributed by atoms with Crippen molar-refractivity contribution >= 4 is 0 Å². The Morgan fingerprint density at radius 3 is 2.71 bits per heavy atom. The van der Waals surface area contributed by atoms with E-state index >= 15 is 0 Å². The molecule has 2 nitrogen and oxygen atoms in total. The topological polar surface area (TPSA) is 32.3 Å². The number of benzene rings is 1. The van der Waals surface area contributed by atoms with Gasteiger partial charge in [-0.05, 0) is 31.9 Å². The van der Waals surface area contributed by atoms with Gasteiger partial charge < -0.3 is 10.4 Å². The van der Waals surface area contributed by atoms with Gasteiger partial charge in [-0.2, -0.15) is 0 Å². The Hall–Kier alpha value is -0.860. The molecular formula is C12H17NO. The fraction of sp³-hybridized carbons (Fsp3) is 0.500. The van der Waals surface area contributed by atoms with Gasteiger partial charge >= 0.3 is 0 Å². The molecule has 76 valence electrons. The summed E-state index contributed by atoms with van der Waals surface area (Å²) >= 11 is 0. The third-order valence-electron chi connectivity index (χ3n) is 3.25. The summed E-state index contributed by atoms with van der Waals surface area (Å²) in [5.74, 6) is 0. The number of nitrogens with one attached hydrogen (secondary N) is 1. The van der Waals surface area contributed by atoms with Gasteiger partial charge in [-0.15, -0.1) is 0 Å². The minimum absolute atomic E-state index is 0.199. The lowest BCUT2D eigenvalue weighted by molar-refractivity contribution is 0.0185. The molecular weight excluding hydrogens is 174 g/mol. The highest BCUT2D eigenvalue weighted by molar-refractivity contribution is 5.25. The Bertz CT molecular complexity index is 298. The Morgan fingerprint density at radius 2 is 2.07 bits per heavy atom. The van der Waals surface area contributed by atoms with Crippen LogP contribution in [-0.2, 0) is 5.60 Å². The molecule has 0 spiro atoms. The zero-order chi connectivity index (χ0) is 10.0. The molecule has 0 bridgehead atoms. The second kappa shape index (κ2) is 3.71. The number of hydrogen-bond donors (Lipinski definition) is 2. The normalized spacial score (nSPS) is 32.0. The fourth-order valence-electron chi connectivity index (χ4n) is 2.44. The fourth-order valence-corrected chi connectivity index (χ4v) is 2.44. The summed E-state index contributed by atoms with van der Waals surface area (Å²) in [6.07, 6.45) is 3.02. The minimum Gasteiger partial charge on any atom is -0.384 e. The van der Waals surface area contributed by atoms with Gasteiger partial charge in [0.25, 0.3) is 0 Å². The van der Waals surface area contributed by atoms with Crippen LogP contribution in [0.15, 0.2) is 30.3 Å². The Morgan fingerprint density at radius 1 is 1.36 bits per heavy atom. The first-order chi connectivity index (χ1) is 6.77. The van der Waals surface area contributed by atoms with Crippen molar-refractivity contribution in [3.63, 3.8) is 0 Å². The lowest BCUT2D eigenvalue weighted by atomic mass is 9.89. The van der Waals surface area contributed by atoms with Gasteiger partial charge in [-0.1, -0.05) is 30.3 Å².